The largest absolute Gasteiger partial charge is 0.498 e. The third-order valence-electron chi connectivity index (χ3n) is 13.7. The van der Waals surface area contributed by atoms with Gasteiger partial charge in [-0.25, -0.2) is 0 Å². The van der Waals surface area contributed by atoms with Crippen molar-refractivity contribution in [1.82, 2.24) is 20.1 Å². The first kappa shape index (κ1) is 39.5. The number of morpholine rings is 2. The molecular weight excluding hydrogens is 801 g/mol. The number of carbonyl (C=O) groups excluding carboxylic acids is 2. The van der Waals surface area contributed by atoms with Gasteiger partial charge in [0.25, 0.3) is 11.8 Å². The van der Waals surface area contributed by atoms with Crippen molar-refractivity contribution in [2.45, 2.75) is 61.5 Å². The lowest BCUT2D eigenvalue weighted by Crippen LogP contribution is -2.55. The van der Waals surface area contributed by atoms with E-state index in [-0.39, 0.29) is 59.5 Å². The van der Waals surface area contributed by atoms with Gasteiger partial charge in [-0.2, -0.15) is 0 Å². The number of carbonyl (C=O) groups is 2. The van der Waals surface area contributed by atoms with E-state index in [1.165, 1.54) is 0 Å². The predicted molar refractivity (Wildman–Crippen MR) is 215 cm³/mol. The van der Waals surface area contributed by atoms with E-state index >= 15 is 0 Å². The molecule has 0 saturated carbocycles. The summed E-state index contributed by atoms with van der Waals surface area (Å²) in [6.45, 7) is 6.16. The van der Waals surface area contributed by atoms with Crippen molar-refractivity contribution in [3.05, 3.63) is 118 Å². The number of ether oxygens (including phenoxy) is 8. The number of methoxy groups -OCH3 is 2. The number of Topliss-reactive ketones (excluding diaryl/α,β-unsaturated/α-hetero) is 2. The van der Waals surface area contributed by atoms with Crippen LogP contribution in [0.5, 0.6) is 11.8 Å². The van der Waals surface area contributed by atoms with Gasteiger partial charge in [-0.15, -0.1) is 0 Å². The van der Waals surface area contributed by atoms with Crippen LogP contribution < -0.4 is 9.47 Å². The number of fused-ring (bicyclic) bond motifs is 4. The molecule has 4 bridgehead atoms. The van der Waals surface area contributed by atoms with E-state index in [0.29, 0.717) is 73.8 Å². The molecule has 2 aromatic heterocycles. The number of nitrogens with zero attached hydrogens (tertiary/aromatic N) is 4. The highest BCUT2D eigenvalue weighted by Gasteiger charge is 2.70. The van der Waals surface area contributed by atoms with Gasteiger partial charge in [0.15, 0.2) is 22.7 Å². The molecule has 2 aliphatic carbocycles. The summed E-state index contributed by atoms with van der Waals surface area (Å²) in [6.07, 6.45) is 5.04. The Morgan fingerprint density at radius 1 is 0.613 bits per heavy atom. The van der Waals surface area contributed by atoms with Crippen LogP contribution in [0.15, 0.2) is 93.4 Å². The van der Waals surface area contributed by atoms with Gasteiger partial charge < -0.3 is 46.9 Å². The van der Waals surface area contributed by atoms with Crippen molar-refractivity contribution in [2.75, 3.05) is 66.8 Å². The minimum Gasteiger partial charge on any atom is -0.498 e. The lowest BCUT2D eigenvalue weighted by Gasteiger charge is -2.45. The van der Waals surface area contributed by atoms with Gasteiger partial charge in [0.2, 0.25) is 11.6 Å². The Morgan fingerprint density at radius 2 is 1.02 bits per heavy atom. The summed E-state index contributed by atoms with van der Waals surface area (Å²) in [6, 6.07) is 19.2. The van der Waals surface area contributed by atoms with Gasteiger partial charge >= 0.3 is 0 Å². The predicted octanol–water partition coefficient (Wildman–Crippen LogP) is 5.02. The first-order valence-electron chi connectivity index (χ1n) is 21.4. The number of hydrogen-bond acceptors (Lipinski definition) is 16. The van der Waals surface area contributed by atoms with Crippen LogP contribution in [-0.4, -0.2) is 122 Å². The highest BCUT2D eigenvalue weighted by molar-refractivity contribution is 6.10. The van der Waals surface area contributed by atoms with Crippen LogP contribution in [0.1, 0.15) is 68.3 Å². The molecule has 6 aliphatic heterocycles. The molecule has 12 rings (SSSR count). The van der Waals surface area contributed by atoms with Crippen LogP contribution in [0.25, 0.3) is 0 Å². The molecular formula is C46H48N4O12. The summed E-state index contributed by atoms with van der Waals surface area (Å²) in [5, 5.41) is 8.35. The highest BCUT2D eigenvalue weighted by Crippen LogP contribution is 2.61. The molecule has 62 heavy (non-hydrogen) atoms. The first-order chi connectivity index (χ1) is 30.4. The molecule has 2 spiro atoms. The van der Waals surface area contributed by atoms with Gasteiger partial charge in [-0.1, -0.05) is 60.7 Å². The second-order valence-electron chi connectivity index (χ2n) is 16.8. The van der Waals surface area contributed by atoms with E-state index in [1.54, 1.807) is 14.2 Å². The molecule has 8 atom stereocenters. The van der Waals surface area contributed by atoms with Crippen molar-refractivity contribution >= 4 is 11.6 Å². The second-order valence-corrected chi connectivity index (χ2v) is 16.8. The average molecular weight is 849 g/mol. The number of rotatable bonds is 10. The molecule has 0 amide bonds. The van der Waals surface area contributed by atoms with Crippen LogP contribution in [-0.2, 0) is 41.6 Å². The monoisotopic (exact) mass is 848 g/mol. The second kappa shape index (κ2) is 15.8. The Hall–Kier alpha value is -5.36. The summed E-state index contributed by atoms with van der Waals surface area (Å²) in [5.41, 5.74) is 0.415. The lowest BCUT2D eigenvalue weighted by molar-refractivity contribution is -0.0551. The molecule has 4 fully saturated rings. The normalized spacial score (nSPS) is 31.8. The highest BCUT2D eigenvalue weighted by atomic mass is 16.6. The van der Waals surface area contributed by atoms with Crippen LogP contribution in [0, 0.1) is 11.8 Å². The Balaban J connectivity index is 0.000000139. The molecule has 0 radical (unpaired) electrons. The third kappa shape index (κ3) is 6.09. The minimum atomic E-state index is -1.15. The fourth-order valence-electron chi connectivity index (χ4n) is 11.0. The maximum Gasteiger partial charge on any atom is 0.265 e. The van der Waals surface area contributed by atoms with Crippen molar-refractivity contribution in [2.24, 2.45) is 11.8 Å². The maximum absolute atomic E-state index is 13.9. The van der Waals surface area contributed by atoms with Crippen LogP contribution in [0.4, 0.5) is 0 Å². The summed E-state index contributed by atoms with van der Waals surface area (Å²) < 4.78 is 58.6. The molecule has 324 valence electrons. The van der Waals surface area contributed by atoms with Gasteiger partial charge in [-0.3, -0.25) is 19.4 Å². The van der Waals surface area contributed by atoms with Gasteiger partial charge in [0.05, 0.1) is 64.9 Å². The number of ketones is 2. The Morgan fingerprint density at radius 3 is 1.40 bits per heavy atom. The number of aromatic nitrogens is 2. The van der Waals surface area contributed by atoms with Crippen molar-refractivity contribution in [1.29, 1.82) is 0 Å². The standard InChI is InChI=1S/2C23H24N2O6/c2*1-27-17-12-15-11-16-19(25-7-9-28-10-8-25)20-18(21(26)23(16,17)30-15)22(24-31-20)29-13-14-5-3-2-4-6-14/h2*2-6,12,15-16,19H,7-11,13H2,1H3/t15-,16?,19+,23+;15-,16?,19-,23+/m10/s1. The fourth-order valence-corrected chi connectivity index (χ4v) is 11.0. The molecule has 4 aromatic rings. The number of hydrogen-bond donors (Lipinski definition) is 0. The van der Waals surface area contributed by atoms with E-state index in [0.717, 1.165) is 50.1 Å². The summed E-state index contributed by atoms with van der Waals surface area (Å²) in [5.74, 6) is 2.14. The molecule has 16 heteroatoms. The Kier molecular flexibility index (Phi) is 10.0. The van der Waals surface area contributed by atoms with Gasteiger partial charge in [-0.05, 0) is 46.4 Å². The van der Waals surface area contributed by atoms with Gasteiger partial charge in [0, 0.05) is 38.0 Å². The van der Waals surface area contributed by atoms with Crippen LogP contribution in [0.2, 0.25) is 0 Å². The first-order valence-corrected chi connectivity index (χ1v) is 21.4. The fraction of sp³-hybridized carbons (Fsp3) is 0.478. The zero-order valence-electron chi connectivity index (χ0n) is 34.6. The molecule has 4 saturated heterocycles. The molecule has 8 heterocycles. The van der Waals surface area contributed by atoms with E-state index in [9.17, 15) is 9.59 Å². The summed E-state index contributed by atoms with van der Waals surface area (Å²) in [7, 11) is 3.18. The smallest absolute Gasteiger partial charge is 0.265 e. The molecule has 16 nitrogen and oxygen atoms in total. The number of benzene rings is 2. The minimum absolute atomic E-state index is 0.106. The summed E-state index contributed by atoms with van der Waals surface area (Å²) >= 11 is 0. The van der Waals surface area contributed by atoms with E-state index in [2.05, 4.69) is 20.1 Å². The van der Waals surface area contributed by atoms with E-state index < -0.39 is 11.2 Å². The zero-order chi connectivity index (χ0) is 42.0. The molecule has 2 aromatic carbocycles. The Labute approximate surface area is 357 Å². The lowest BCUT2D eigenvalue weighted by atomic mass is 9.67. The van der Waals surface area contributed by atoms with Crippen molar-refractivity contribution < 1.29 is 56.5 Å². The molecule has 0 N–H and O–H groups in total. The SMILES string of the molecule is COC1=C[C@@H]2CC3[C@H](N4CCOCC4)c4onc(OCc5ccccc5)c4C(=O)[C@]13O2.COC1=C[C@H]2CC3[C@H](N4CCOCC4)c4onc(OCc5ccccc5)c4C(=O)[C@@]13O2. The summed E-state index contributed by atoms with van der Waals surface area (Å²) in [4.78, 5) is 32.4. The van der Waals surface area contributed by atoms with Crippen molar-refractivity contribution in [3.63, 3.8) is 0 Å². The van der Waals surface area contributed by atoms with Gasteiger partial charge in [0.1, 0.15) is 35.9 Å². The maximum atomic E-state index is 13.9. The Bertz CT molecular complexity index is 2220. The average Bonchev–Trinajstić information content (AvgIpc) is 4.19. The van der Waals surface area contributed by atoms with Crippen LogP contribution in [0.3, 0.4) is 0 Å². The third-order valence-corrected chi connectivity index (χ3v) is 13.7. The zero-order valence-corrected chi connectivity index (χ0v) is 34.6. The molecule has 2 unspecified atom stereocenters. The topological polar surface area (TPSA) is 167 Å². The van der Waals surface area contributed by atoms with Crippen molar-refractivity contribution in [3.8, 4) is 11.8 Å². The van der Waals surface area contributed by atoms with E-state index in [4.69, 9.17) is 46.9 Å². The van der Waals surface area contributed by atoms with E-state index in [1.807, 2.05) is 72.8 Å². The van der Waals surface area contributed by atoms with Crippen LogP contribution >= 0.6 is 0 Å². The molecule has 8 aliphatic rings. The quantitative estimate of drug-likeness (QED) is 0.209.